The van der Waals surface area contributed by atoms with Crippen molar-refractivity contribution in [3.05, 3.63) is 40.5 Å². The van der Waals surface area contributed by atoms with Crippen molar-refractivity contribution >= 4 is 32.0 Å². The quantitative estimate of drug-likeness (QED) is 0.597. The highest BCUT2D eigenvalue weighted by Crippen LogP contribution is 2.36. The number of anilines is 1. The Balaban J connectivity index is 2.22. The third-order valence-electron chi connectivity index (χ3n) is 2.47. The maximum atomic E-state index is 12.1. The Bertz CT molecular complexity index is 744. The normalized spacial score (nSPS) is 11.3. The van der Waals surface area contributed by atoms with Crippen LogP contribution in [0.4, 0.5) is 10.7 Å². The molecule has 0 spiro atoms. The Morgan fingerprint density at radius 2 is 2.24 bits per heavy atom. The summed E-state index contributed by atoms with van der Waals surface area (Å²) in [6.07, 6.45) is 2.80. The molecule has 0 aliphatic rings. The van der Waals surface area contributed by atoms with Crippen molar-refractivity contribution in [2.45, 2.75) is 10.8 Å². The summed E-state index contributed by atoms with van der Waals surface area (Å²) in [6, 6.07) is 2.59. The van der Waals surface area contributed by atoms with Gasteiger partial charge in [-0.25, -0.2) is 23.1 Å². The van der Waals surface area contributed by atoms with E-state index >= 15 is 0 Å². The van der Waals surface area contributed by atoms with Crippen LogP contribution in [0.2, 0.25) is 0 Å². The van der Waals surface area contributed by atoms with Gasteiger partial charge >= 0.3 is 5.69 Å². The number of nitro groups is 1. The Morgan fingerprint density at radius 3 is 2.76 bits per heavy atom. The molecule has 112 valence electrons. The maximum absolute atomic E-state index is 12.1. The molecule has 9 nitrogen and oxygen atoms in total. The van der Waals surface area contributed by atoms with Crippen LogP contribution in [0, 0.1) is 10.1 Å². The fourth-order valence-electron chi connectivity index (χ4n) is 1.47. The summed E-state index contributed by atoms with van der Waals surface area (Å²) in [5, 5.41) is 13.6. The molecule has 0 radical (unpaired) electrons. The molecular weight excluding hydrogens is 318 g/mol. The van der Waals surface area contributed by atoms with Gasteiger partial charge in [0.1, 0.15) is 10.5 Å². The van der Waals surface area contributed by atoms with E-state index in [9.17, 15) is 18.5 Å². The molecule has 0 aromatic carbocycles. The lowest BCUT2D eigenvalue weighted by Crippen LogP contribution is -2.22. The van der Waals surface area contributed by atoms with Gasteiger partial charge in [-0.3, -0.25) is 10.1 Å². The lowest BCUT2D eigenvalue weighted by molar-refractivity contribution is -0.383. The highest BCUT2D eigenvalue weighted by molar-refractivity contribution is 7.91. The molecule has 11 heteroatoms. The standard InChI is InChI=1S/C10H11N5O4S2/c1-11-10-8(15(16)17)4-9(20-10)21(18,19)14-5-7-2-3-12-6-13-7/h2-4,6,11,14H,5H2,1H3. The summed E-state index contributed by atoms with van der Waals surface area (Å²) in [7, 11) is -2.35. The highest BCUT2D eigenvalue weighted by Gasteiger charge is 2.25. The van der Waals surface area contributed by atoms with Crippen LogP contribution in [0.3, 0.4) is 0 Å². The number of hydrogen-bond donors (Lipinski definition) is 2. The highest BCUT2D eigenvalue weighted by atomic mass is 32.2. The second-order valence-electron chi connectivity index (χ2n) is 3.81. The van der Waals surface area contributed by atoms with Crippen LogP contribution in [0.1, 0.15) is 5.69 Å². The molecule has 0 saturated heterocycles. The van der Waals surface area contributed by atoms with Gasteiger partial charge in [0.25, 0.3) is 10.0 Å². The van der Waals surface area contributed by atoms with E-state index in [-0.39, 0.29) is 21.4 Å². The molecule has 0 bridgehead atoms. The summed E-state index contributed by atoms with van der Waals surface area (Å²) in [6.45, 7) is -0.0224. The van der Waals surface area contributed by atoms with Crippen molar-refractivity contribution in [2.24, 2.45) is 0 Å². The Morgan fingerprint density at radius 1 is 1.48 bits per heavy atom. The molecule has 2 heterocycles. The van der Waals surface area contributed by atoms with E-state index in [4.69, 9.17) is 0 Å². The van der Waals surface area contributed by atoms with E-state index in [0.29, 0.717) is 5.69 Å². The van der Waals surface area contributed by atoms with Crippen LogP contribution in [-0.2, 0) is 16.6 Å². The van der Waals surface area contributed by atoms with Crippen LogP contribution in [-0.4, -0.2) is 30.4 Å². The third-order valence-corrected chi connectivity index (χ3v) is 5.48. The lowest BCUT2D eigenvalue weighted by atomic mass is 10.4. The fraction of sp³-hybridized carbons (Fsp3) is 0.200. The van der Waals surface area contributed by atoms with Crippen LogP contribution >= 0.6 is 11.3 Å². The van der Waals surface area contributed by atoms with Gasteiger partial charge in [-0.15, -0.1) is 0 Å². The van der Waals surface area contributed by atoms with Gasteiger partial charge in [0.15, 0.2) is 5.00 Å². The van der Waals surface area contributed by atoms with Gasteiger partial charge < -0.3 is 5.32 Å². The largest absolute Gasteiger partial charge is 0.374 e. The lowest BCUT2D eigenvalue weighted by Gasteiger charge is -2.03. The van der Waals surface area contributed by atoms with Crippen molar-refractivity contribution in [1.82, 2.24) is 14.7 Å². The molecular formula is C10H11N5O4S2. The van der Waals surface area contributed by atoms with Crippen molar-refractivity contribution in [1.29, 1.82) is 0 Å². The first-order valence-corrected chi connectivity index (χ1v) is 7.94. The summed E-state index contributed by atoms with van der Waals surface area (Å²) in [4.78, 5) is 17.8. The SMILES string of the molecule is CNc1sc(S(=O)(=O)NCc2ccncn2)cc1[N+](=O)[O-]. The van der Waals surface area contributed by atoms with Crippen LogP contribution in [0.5, 0.6) is 0 Å². The number of thiophene rings is 1. The summed E-state index contributed by atoms with van der Waals surface area (Å²) in [5.41, 5.74) is 0.221. The minimum atomic E-state index is -3.84. The maximum Gasteiger partial charge on any atom is 0.304 e. The summed E-state index contributed by atoms with van der Waals surface area (Å²) < 4.78 is 26.4. The molecule has 2 rings (SSSR count). The molecule has 2 N–H and O–H groups in total. The number of hydrogen-bond acceptors (Lipinski definition) is 8. The van der Waals surface area contributed by atoms with Gasteiger partial charge in [0, 0.05) is 19.3 Å². The molecule has 0 amide bonds. The van der Waals surface area contributed by atoms with Gasteiger partial charge in [-0.2, -0.15) is 0 Å². The molecule has 0 aliphatic heterocycles. The predicted octanol–water partition coefficient (Wildman–Crippen LogP) is 0.967. The molecule has 0 aliphatic carbocycles. The van der Waals surface area contributed by atoms with Crippen LogP contribution in [0.15, 0.2) is 28.9 Å². The number of nitrogens with zero attached hydrogens (tertiary/aromatic N) is 3. The van der Waals surface area contributed by atoms with Gasteiger partial charge in [0.2, 0.25) is 0 Å². The van der Waals surface area contributed by atoms with Crippen LogP contribution < -0.4 is 10.0 Å². The van der Waals surface area contributed by atoms with E-state index in [1.165, 1.54) is 19.6 Å². The van der Waals surface area contributed by atoms with Crippen molar-refractivity contribution in [2.75, 3.05) is 12.4 Å². The van der Waals surface area contributed by atoms with E-state index in [1.807, 2.05) is 0 Å². The number of aromatic nitrogens is 2. The number of rotatable bonds is 6. The fourth-order valence-corrected chi connectivity index (χ4v) is 3.79. The topological polar surface area (TPSA) is 127 Å². The summed E-state index contributed by atoms with van der Waals surface area (Å²) >= 11 is 0.794. The molecule has 0 saturated carbocycles. The zero-order chi connectivity index (χ0) is 15.5. The monoisotopic (exact) mass is 329 g/mol. The minimum absolute atomic E-state index is 0.0224. The first-order chi connectivity index (χ1) is 9.94. The van der Waals surface area contributed by atoms with E-state index in [1.54, 1.807) is 6.07 Å². The molecule has 0 atom stereocenters. The molecule has 2 aromatic rings. The second kappa shape index (κ2) is 6.11. The average molecular weight is 329 g/mol. The zero-order valence-electron chi connectivity index (χ0n) is 10.8. The predicted molar refractivity (Wildman–Crippen MR) is 76.6 cm³/mol. The number of nitrogens with one attached hydrogen (secondary N) is 2. The molecule has 21 heavy (non-hydrogen) atoms. The van der Waals surface area contributed by atoms with Crippen LogP contribution in [0.25, 0.3) is 0 Å². The van der Waals surface area contributed by atoms with Crippen molar-refractivity contribution in [3.63, 3.8) is 0 Å². The Labute approximate surface area is 124 Å². The Kier molecular flexibility index (Phi) is 4.45. The molecule has 0 unspecified atom stereocenters. The van der Waals surface area contributed by atoms with E-state index < -0.39 is 14.9 Å². The molecule has 0 fully saturated rings. The van der Waals surface area contributed by atoms with E-state index in [0.717, 1.165) is 17.4 Å². The first-order valence-electron chi connectivity index (χ1n) is 5.64. The van der Waals surface area contributed by atoms with Gasteiger partial charge in [-0.05, 0) is 6.07 Å². The van der Waals surface area contributed by atoms with Gasteiger partial charge in [0.05, 0.1) is 17.2 Å². The van der Waals surface area contributed by atoms with Crippen molar-refractivity contribution < 1.29 is 13.3 Å². The zero-order valence-corrected chi connectivity index (χ0v) is 12.4. The summed E-state index contributed by atoms with van der Waals surface area (Å²) in [5.74, 6) is 0. The van der Waals surface area contributed by atoms with Crippen molar-refractivity contribution in [3.8, 4) is 0 Å². The minimum Gasteiger partial charge on any atom is -0.374 e. The molecule has 2 aromatic heterocycles. The second-order valence-corrected chi connectivity index (χ2v) is 6.86. The third kappa shape index (κ3) is 3.51. The Hall–Kier alpha value is -2.11. The average Bonchev–Trinajstić information content (AvgIpc) is 2.92. The number of sulfonamides is 1. The smallest absolute Gasteiger partial charge is 0.304 e. The first kappa shape index (κ1) is 15.3. The van der Waals surface area contributed by atoms with Gasteiger partial charge in [-0.1, -0.05) is 11.3 Å². The van der Waals surface area contributed by atoms with E-state index in [2.05, 4.69) is 20.0 Å².